The molecule has 0 unspecified atom stereocenters. The number of aromatic nitrogens is 5. The second-order valence-electron chi connectivity index (χ2n) is 7.14. The Kier molecular flexibility index (Phi) is 6.03. The van der Waals surface area contributed by atoms with Gasteiger partial charge in [-0.2, -0.15) is 18.3 Å². The van der Waals surface area contributed by atoms with Crippen molar-refractivity contribution in [3.8, 4) is 11.1 Å². The summed E-state index contributed by atoms with van der Waals surface area (Å²) in [6, 6.07) is 9.54. The molecule has 0 fully saturated rings. The molecule has 4 aromatic rings. The molecule has 0 saturated carbocycles. The van der Waals surface area contributed by atoms with Gasteiger partial charge in [0.05, 0.1) is 24.0 Å². The molecule has 2 N–H and O–H groups in total. The molecule has 0 radical (unpaired) electrons. The molecule has 0 aliphatic heterocycles. The van der Waals surface area contributed by atoms with Gasteiger partial charge in [0.25, 0.3) is 0 Å². The lowest BCUT2D eigenvalue weighted by Gasteiger charge is -2.12. The van der Waals surface area contributed by atoms with Crippen LogP contribution in [-0.2, 0) is 24.4 Å². The van der Waals surface area contributed by atoms with Crippen molar-refractivity contribution in [2.75, 3.05) is 10.6 Å². The summed E-state index contributed by atoms with van der Waals surface area (Å²) in [5.41, 5.74) is 1.51. The lowest BCUT2D eigenvalue weighted by Crippen LogP contribution is -2.19. The molecule has 3 aromatic heterocycles. The SMILES string of the molecule is Cn1cc(Nc2ncc(-c3ccc(CC(=O)Nc4cccnc4C(F)(F)F)cc3)cn2)cn1. The van der Waals surface area contributed by atoms with E-state index >= 15 is 0 Å². The van der Waals surface area contributed by atoms with Crippen molar-refractivity contribution in [2.24, 2.45) is 7.05 Å². The van der Waals surface area contributed by atoms with Gasteiger partial charge in [-0.15, -0.1) is 0 Å². The Balaban J connectivity index is 1.39. The lowest BCUT2D eigenvalue weighted by molar-refractivity contribution is -0.140. The number of halogens is 3. The number of benzene rings is 1. The van der Waals surface area contributed by atoms with Gasteiger partial charge >= 0.3 is 6.18 Å². The van der Waals surface area contributed by atoms with Gasteiger partial charge in [0, 0.05) is 37.4 Å². The van der Waals surface area contributed by atoms with Crippen LogP contribution in [0.4, 0.5) is 30.5 Å². The average molecular weight is 453 g/mol. The first-order valence-corrected chi connectivity index (χ1v) is 9.77. The Morgan fingerprint density at radius 2 is 1.73 bits per heavy atom. The first-order valence-electron chi connectivity index (χ1n) is 9.77. The Morgan fingerprint density at radius 1 is 1.00 bits per heavy atom. The number of rotatable bonds is 6. The molecule has 0 atom stereocenters. The Hall–Kier alpha value is -4.28. The van der Waals surface area contributed by atoms with E-state index in [0.717, 1.165) is 23.0 Å². The number of carbonyl (C=O) groups is 1. The molecule has 168 valence electrons. The number of nitrogens with zero attached hydrogens (tertiary/aromatic N) is 5. The van der Waals surface area contributed by atoms with Crippen LogP contribution in [0.5, 0.6) is 0 Å². The number of alkyl halides is 3. The van der Waals surface area contributed by atoms with Crippen molar-refractivity contribution in [1.29, 1.82) is 0 Å². The summed E-state index contributed by atoms with van der Waals surface area (Å²) in [5, 5.41) is 9.39. The zero-order valence-corrected chi connectivity index (χ0v) is 17.3. The van der Waals surface area contributed by atoms with Crippen molar-refractivity contribution >= 4 is 23.2 Å². The third-order valence-electron chi connectivity index (χ3n) is 4.62. The summed E-state index contributed by atoms with van der Waals surface area (Å²) in [6.45, 7) is 0. The van der Waals surface area contributed by atoms with E-state index in [4.69, 9.17) is 0 Å². The minimum atomic E-state index is -4.66. The number of anilines is 3. The third-order valence-corrected chi connectivity index (χ3v) is 4.62. The summed E-state index contributed by atoms with van der Waals surface area (Å²) < 4.78 is 40.8. The summed E-state index contributed by atoms with van der Waals surface area (Å²) in [6.07, 6.45) is 3.06. The standard InChI is InChI=1S/C22H18F3N7O/c1-32-13-17(12-29-32)30-21-27-10-16(11-28-21)15-6-4-14(5-7-15)9-19(33)31-18-3-2-8-26-20(18)22(23,24)25/h2-8,10-13H,9H2,1H3,(H,31,33)(H,27,28,30). The zero-order valence-electron chi connectivity index (χ0n) is 17.3. The van der Waals surface area contributed by atoms with Gasteiger partial charge in [0.2, 0.25) is 11.9 Å². The number of pyridine rings is 1. The van der Waals surface area contributed by atoms with Crippen molar-refractivity contribution in [3.05, 3.63) is 78.6 Å². The van der Waals surface area contributed by atoms with Crippen LogP contribution >= 0.6 is 0 Å². The first-order chi connectivity index (χ1) is 15.8. The highest BCUT2D eigenvalue weighted by molar-refractivity contribution is 5.92. The number of aryl methyl sites for hydroxylation is 1. The van der Waals surface area contributed by atoms with E-state index in [-0.39, 0.29) is 12.1 Å². The predicted molar refractivity (Wildman–Crippen MR) is 116 cm³/mol. The minimum absolute atomic E-state index is 0.0864. The normalized spacial score (nSPS) is 11.3. The molecule has 8 nitrogen and oxygen atoms in total. The van der Waals surface area contributed by atoms with Crippen LogP contribution < -0.4 is 10.6 Å². The zero-order chi connectivity index (χ0) is 23.4. The van der Waals surface area contributed by atoms with E-state index in [1.165, 1.54) is 12.1 Å². The largest absolute Gasteiger partial charge is 0.435 e. The minimum Gasteiger partial charge on any atom is -0.324 e. The van der Waals surface area contributed by atoms with Crippen LogP contribution in [0.15, 0.2) is 67.4 Å². The fraction of sp³-hybridized carbons (Fsp3) is 0.136. The third kappa shape index (κ3) is 5.50. The van der Waals surface area contributed by atoms with Gasteiger partial charge in [0.15, 0.2) is 5.69 Å². The molecule has 1 aromatic carbocycles. The van der Waals surface area contributed by atoms with Gasteiger partial charge in [-0.1, -0.05) is 24.3 Å². The fourth-order valence-corrected chi connectivity index (χ4v) is 3.08. The molecule has 1 amide bonds. The lowest BCUT2D eigenvalue weighted by atomic mass is 10.0. The highest BCUT2D eigenvalue weighted by Gasteiger charge is 2.35. The molecule has 0 spiro atoms. The first kappa shape index (κ1) is 21.9. The second-order valence-corrected chi connectivity index (χ2v) is 7.14. The molecule has 4 rings (SSSR count). The van der Waals surface area contributed by atoms with E-state index in [2.05, 4.69) is 30.7 Å². The maximum Gasteiger partial charge on any atom is 0.435 e. The van der Waals surface area contributed by atoms with E-state index < -0.39 is 17.8 Å². The van der Waals surface area contributed by atoms with Crippen LogP contribution in [0.1, 0.15) is 11.3 Å². The van der Waals surface area contributed by atoms with E-state index in [9.17, 15) is 18.0 Å². The van der Waals surface area contributed by atoms with Gasteiger partial charge in [-0.25, -0.2) is 15.0 Å². The van der Waals surface area contributed by atoms with Gasteiger partial charge in [0.1, 0.15) is 0 Å². The summed E-state index contributed by atoms with van der Waals surface area (Å²) in [7, 11) is 1.81. The number of amides is 1. The maximum atomic E-state index is 13.0. The highest BCUT2D eigenvalue weighted by Crippen LogP contribution is 2.32. The van der Waals surface area contributed by atoms with Crippen LogP contribution in [0.2, 0.25) is 0 Å². The molecule has 33 heavy (non-hydrogen) atoms. The predicted octanol–water partition coefficient (Wildman–Crippen LogP) is 4.22. The van der Waals surface area contributed by atoms with Gasteiger partial charge < -0.3 is 10.6 Å². The topological polar surface area (TPSA) is 97.6 Å². The van der Waals surface area contributed by atoms with E-state index in [0.29, 0.717) is 11.5 Å². The van der Waals surface area contributed by atoms with Gasteiger partial charge in [-0.05, 0) is 23.3 Å². The number of hydrogen-bond donors (Lipinski definition) is 2. The number of nitrogens with one attached hydrogen (secondary N) is 2. The molecular weight excluding hydrogens is 435 g/mol. The molecule has 0 aliphatic rings. The number of hydrogen-bond acceptors (Lipinski definition) is 6. The second kappa shape index (κ2) is 9.07. The summed E-state index contributed by atoms with van der Waals surface area (Å²) in [4.78, 5) is 24.2. The monoisotopic (exact) mass is 453 g/mol. The number of carbonyl (C=O) groups excluding carboxylic acids is 1. The van der Waals surface area contributed by atoms with Crippen LogP contribution in [-0.4, -0.2) is 30.6 Å². The van der Waals surface area contributed by atoms with Crippen molar-refractivity contribution < 1.29 is 18.0 Å². The van der Waals surface area contributed by atoms with E-state index in [1.54, 1.807) is 60.8 Å². The highest BCUT2D eigenvalue weighted by atomic mass is 19.4. The van der Waals surface area contributed by atoms with Gasteiger partial charge in [-0.3, -0.25) is 9.48 Å². The molecule has 0 aliphatic carbocycles. The Morgan fingerprint density at radius 3 is 2.36 bits per heavy atom. The maximum absolute atomic E-state index is 13.0. The molecule has 11 heteroatoms. The van der Waals surface area contributed by atoms with Crippen LogP contribution in [0, 0.1) is 0 Å². The molecule has 3 heterocycles. The van der Waals surface area contributed by atoms with Crippen molar-refractivity contribution in [3.63, 3.8) is 0 Å². The quantitative estimate of drug-likeness (QED) is 0.454. The fourth-order valence-electron chi connectivity index (χ4n) is 3.08. The molecule has 0 saturated heterocycles. The smallest absolute Gasteiger partial charge is 0.324 e. The molecule has 0 bridgehead atoms. The summed E-state index contributed by atoms with van der Waals surface area (Å²) in [5.74, 6) is -0.149. The Labute approximate surface area is 186 Å². The Bertz CT molecular complexity index is 1250. The average Bonchev–Trinajstić information content (AvgIpc) is 3.19. The van der Waals surface area contributed by atoms with Crippen LogP contribution in [0.3, 0.4) is 0 Å². The van der Waals surface area contributed by atoms with Crippen LogP contribution in [0.25, 0.3) is 11.1 Å². The van der Waals surface area contributed by atoms with Crippen molar-refractivity contribution in [1.82, 2.24) is 24.7 Å². The summed E-state index contributed by atoms with van der Waals surface area (Å²) >= 11 is 0. The molecular formula is C22H18F3N7O. The van der Waals surface area contributed by atoms with E-state index in [1.807, 2.05) is 0 Å². The van der Waals surface area contributed by atoms with Crippen molar-refractivity contribution in [2.45, 2.75) is 12.6 Å².